The number of nitrogens with one attached hydrogen (secondary N) is 1. The van der Waals surface area contributed by atoms with E-state index < -0.39 is 0 Å². The van der Waals surface area contributed by atoms with Crippen LogP contribution in [0.25, 0.3) is 39.2 Å². The molecule has 2 aromatic heterocycles. The number of nitrogens with zero attached hydrogens (tertiary/aromatic N) is 4. The molecule has 0 aliphatic carbocycles. The van der Waals surface area contributed by atoms with Gasteiger partial charge in [-0.15, -0.1) is 33.4 Å². The first-order valence-corrected chi connectivity index (χ1v) is 14.7. The Bertz CT molecular complexity index is 1860. The van der Waals surface area contributed by atoms with Gasteiger partial charge in [0, 0.05) is 21.7 Å². The Kier molecular flexibility index (Phi) is 9.31. The number of para-hydroxylation sites is 3. The molecule has 2 heterocycles. The van der Waals surface area contributed by atoms with Gasteiger partial charge in [-0.3, -0.25) is 9.36 Å². The normalized spacial score (nSPS) is 11.3. The quantitative estimate of drug-likeness (QED) is 0.140. The summed E-state index contributed by atoms with van der Waals surface area (Å²) in [7, 11) is 0. The second kappa shape index (κ2) is 13.3. The van der Waals surface area contributed by atoms with Gasteiger partial charge in [0.1, 0.15) is 10.7 Å². The molecule has 4 aromatic carbocycles. The van der Waals surface area contributed by atoms with E-state index in [2.05, 4.69) is 10.5 Å². The first kappa shape index (κ1) is 28.8. The highest BCUT2D eigenvalue weighted by molar-refractivity contribution is 8.93. The molecule has 0 aliphatic rings. The largest absolute Gasteiger partial charge is 0.284 e. The zero-order valence-corrected chi connectivity index (χ0v) is 25.6. The van der Waals surface area contributed by atoms with E-state index in [9.17, 15) is 4.79 Å². The fraction of sp³-hybridized carbons (Fsp3) is 0.0323. The topological polar surface area (TPSA) is 72.2 Å². The number of carbonyl (C=O) groups is 1. The lowest BCUT2D eigenvalue weighted by Crippen LogP contribution is -2.25. The Labute approximate surface area is 260 Å². The summed E-state index contributed by atoms with van der Waals surface area (Å²) in [6.45, 7) is 0. The van der Waals surface area contributed by atoms with Gasteiger partial charge in [-0.2, -0.15) is 0 Å². The van der Waals surface area contributed by atoms with Gasteiger partial charge in [0.05, 0.1) is 22.5 Å². The Balaban J connectivity index is 0.00000337. The Hall–Kier alpha value is -3.76. The monoisotopic (exact) mass is 659 g/mol. The number of thiazole rings is 1. The third-order valence-electron chi connectivity index (χ3n) is 6.06. The van der Waals surface area contributed by atoms with Crippen LogP contribution in [0.4, 0.5) is 0 Å². The molecule has 1 amide bonds. The van der Waals surface area contributed by atoms with Crippen LogP contribution in [0.5, 0.6) is 0 Å². The molecule has 0 unspecified atom stereocenters. The molecular formula is C31H23BrClN5OS2. The van der Waals surface area contributed by atoms with Crippen molar-refractivity contribution in [2.45, 2.75) is 5.03 Å². The van der Waals surface area contributed by atoms with Gasteiger partial charge in [-0.05, 0) is 42.0 Å². The minimum Gasteiger partial charge on any atom is -0.284 e. The highest BCUT2D eigenvalue weighted by atomic mass is 79.9. The van der Waals surface area contributed by atoms with Crippen LogP contribution in [0.2, 0.25) is 5.02 Å². The van der Waals surface area contributed by atoms with Gasteiger partial charge < -0.3 is 0 Å². The van der Waals surface area contributed by atoms with Crippen LogP contribution in [0.1, 0.15) is 0 Å². The first-order valence-electron chi connectivity index (χ1n) is 12.5. The van der Waals surface area contributed by atoms with Crippen LogP contribution >= 0.6 is 51.7 Å². The van der Waals surface area contributed by atoms with Gasteiger partial charge in [-0.1, -0.05) is 96.2 Å². The zero-order chi connectivity index (χ0) is 27.3. The number of benzene rings is 4. The minimum atomic E-state index is -0.236. The van der Waals surface area contributed by atoms with Crippen LogP contribution in [0.3, 0.4) is 0 Å². The molecular weight excluding hydrogens is 638 g/mol. The molecule has 0 saturated carbocycles. The molecule has 10 heteroatoms. The highest BCUT2D eigenvalue weighted by Gasteiger charge is 2.14. The molecule has 0 aliphatic heterocycles. The summed E-state index contributed by atoms with van der Waals surface area (Å²) >= 11 is 8.90. The number of aromatic nitrogens is 3. The maximum atomic E-state index is 13.0. The molecule has 0 atom stereocenters. The third-order valence-corrected chi connectivity index (χ3v) is 8.11. The minimum absolute atomic E-state index is 0. The molecule has 0 fully saturated rings. The maximum Gasteiger partial charge on any atom is 0.250 e. The molecule has 6 aromatic rings. The third kappa shape index (κ3) is 6.60. The molecule has 204 valence electrons. The lowest BCUT2D eigenvalue weighted by molar-refractivity contribution is -0.118. The van der Waals surface area contributed by atoms with Crippen LogP contribution in [0.15, 0.2) is 125 Å². The number of amides is 1. The van der Waals surface area contributed by atoms with Crippen molar-refractivity contribution >= 4 is 68.6 Å². The second-order valence-corrected chi connectivity index (χ2v) is 11.0. The number of hydrogen-bond donors (Lipinski definition) is 1. The first-order chi connectivity index (χ1) is 19.7. The standard InChI is InChI=1S/C31H22ClN5OS2.BrH/c32-23-17-15-21(16-18-23)27-19-40-31(37(27)24-11-5-2-6-12-24)36-35-28(38)20-39-30-29(22-9-3-1-4-10-22)33-25-13-7-8-14-26(25)34-30;/h1-19H,20H2,(H,35,38);1H/b36-31-;. The number of carbonyl (C=O) groups excluding carboxylic acids is 1. The number of halogens is 2. The fourth-order valence-corrected chi connectivity index (χ4v) is 5.97. The summed E-state index contributed by atoms with van der Waals surface area (Å²) in [5, 5.41) is 7.88. The lowest BCUT2D eigenvalue weighted by Gasteiger charge is -2.10. The summed E-state index contributed by atoms with van der Waals surface area (Å²) in [5.41, 5.74) is 8.92. The van der Waals surface area contributed by atoms with Crippen LogP contribution < -0.4 is 10.2 Å². The molecule has 0 radical (unpaired) electrons. The van der Waals surface area contributed by atoms with Gasteiger partial charge in [0.25, 0.3) is 5.91 Å². The predicted octanol–water partition coefficient (Wildman–Crippen LogP) is 7.77. The summed E-state index contributed by atoms with van der Waals surface area (Å²) < 4.78 is 2.02. The van der Waals surface area contributed by atoms with Crippen LogP contribution in [-0.4, -0.2) is 26.2 Å². The highest BCUT2D eigenvalue weighted by Crippen LogP contribution is 2.30. The van der Waals surface area contributed by atoms with E-state index in [1.165, 1.54) is 23.1 Å². The molecule has 41 heavy (non-hydrogen) atoms. The van der Waals surface area contributed by atoms with Gasteiger partial charge >= 0.3 is 0 Å². The fourth-order valence-electron chi connectivity index (χ4n) is 4.18. The molecule has 1 N–H and O–H groups in total. The average Bonchev–Trinajstić information content (AvgIpc) is 3.43. The zero-order valence-electron chi connectivity index (χ0n) is 21.5. The van der Waals surface area contributed by atoms with Crippen molar-refractivity contribution in [1.29, 1.82) is 0 Å². The smallest absolute Gasteiger partial charge is 0.250 e. The van der Waals surface area contributed by atoms with Gasteiger partial charge in [-0.25, -0.2) is 15.4 Å². The average molecular weight is 661 g/mol. The van der Waals surface area contributed by atoms with Crippen LogP contribution in [-0.2, 0) is 4.79 Å². The molecule has 6 rings (SSSR count). The summed E-state index contributed by atoms with van der Waals surface area (Å²) in [5.74, 6) is -0.100. The maximum absolute atomic E-state index is 13.0. The van der Waals surface area contributed by atoms with Crippen molar-refractivity contribution in [3.8, 4) is 28.2 Å². The van der Waals surface area contributed by atoms with E-state index in [1.807, 2.05) is 119 Å². The van der Waals surface area contributed by atoms with E-state index in [1.54, 1.807) is 0 Å². The molecule has 0 spiro atoms. The Morgan fingerprint density at radius 2 is 1.46 bits per heavy atom. The number of fused-ring (bicyclic) bond motifs is 1. The van der Waals surface area contributed by atoms with Crippen molar-refractivity contribution in [1.82, 2.24) is 20.0 Å². The summed E-state index contributed by atoms with van der Waals surface area (Å²) in [4.78, 5) is 23.3. The van der Waals surface area contributed by atoms with E-state index in [-0.39, 0.29) is 28.6 Å². The summed E-state index contributed by atoms with van der Waals surface area (Å²) in [6, 6.07) is 35.2. The van der Waals surface area contributed by atoms with Crippen molar-refractivity contribution < 1.29 is 4.79 Å². The molecule has 0 bridgehead atoms. The lowest BCUT2D eigenvalue weighted by atomic mass is 10.1. The van der Waals surface area contributed by atoms with Gasteiger partial charge in [0.15, 0.2) is 0 Å². The molecule has 6 nitrogen and oxygen atoms in total. The Morgan fingerprint density at radius 3 is 2.17 bits per heavy atom. The van der Waals surface area contributed by atoms with E-state index in [4.69, 9.17) is 21.6 Å². The van der Waals surface area contributed by atoms with Gasteiger partial charge in [0.2, 0.25) is 4.80 Å². The van der Waals surface area contributed by atoms with E-state index in [0.717, 1.165) is 39.2 Å². The predicted molar refractivity (Wildman–Crippen MR) is 174 cm³/mol. The molecule has 0 saturated heterocycles. The SMILES string of the molecule is Br.O=C(CSc1nc2ccccc2nc1-c1ccccc1)N/N=c1\scc(-c2ccc(Cl)cc2)n1-c1ccccc1. The number of thioether (sulfide) groups is 1. The van der Waals surface area contributed by atoms with Crippen molar-refractivity contribution in [3.63, 3.8) is 0 Å². The van der Waals surface area contributed by atoms with Crippen molar-refractivity contribution in [2.75, 3.05) is 5.75 Å². The van der Waals surface area contributed by atoms with Crippen LogP contribution in [0, 0.1) is 0 Å². The van der Waals surface area contributed by atoms with E-state index in [0.29, 0.717) is 14.8 Å². The van der Waals surface area contributed by atoms with Crippen molar-refractivity contribution in [2.24, 2.45) is 5.10 Å². The number of rotatable bonds is 7. The second-order valence-electron chi connectivity index (χ2n) is 8.75. The number of hydrogen-bond acceptors (Lipinski definition) is 6. The Morgan fingerprint density at radius 1 is 0.829 bits per heavy atom. The van der Waals surface area contributed by atoms with Crippen molar-refractivity contribution in [3.05, 3.63) is 124 Å². The van der Waals surface area contributed by atoms with E-state index >= 15 is 0 Å². The summed E-state index contributed by atoms with van der Waals surface area (Å²) in [6.07, 6.45) is 0.